The first-order valence-corrected chi connectivity index (χ1v) is 7.63. The Balaban J connectivity index is 1.64. The minimum absolute atomic E-state index is 0.0993. The molecule has 0 aliphatic carbocycles. The number of para-hydroxylation sites is 1. The van der Waals surface area contributed by atoms with Crippen molar-refractivity contribution in [1.29, 1.82) is 0 Å². The Kier molecular flexibility index (Phi) is 4.47. The monoisotopic (exact) mass is 313 g/mol. The van der Waals surface area contributed by atoms with E-state index in [4.69, 9.17) is 4.52 Å². The normalized spacial score (nSPS) is 11.4. The number of aromatic nitrogens is 4. The van der Waals surface area contributed by atoms with Gasteiger partial charge in [-0.25, -0.2) is 4.98 Å². The van der Waals surface area contributed by atoms with Crippen molar-refractivity contribution < 1.29 is 4.52 Å². The van der Waals surface area contributed by atoms with Gasteiger partial charge in [-0.1, -0.05) is 24.2 Å². The van der Waals surface area contributed by atoms with E-state index in [1.54, 1.807) is 6.07 Å². The summed E-state index contributed by atoms with van der Waals surface area (Å²) in [6.45, 7) is 3.29. The lowest BCUT2D eigenvalue weighted by Crippen LogP contribution is -2.23. The highest BCUT2D eigenvalue weighted by Crippen LogP contribution is 2.07. The maximum absolute atomic E-state index is 12.0. The van der Waals surface area contributed by atoms with Gasteiger partial charge in [-0.2, -0.15) is 4.98 Å². The van der Waals surface area contributed by atoms with Crippen molar-refractivity contribution in [3.8, 4) is 0 Å². The van der Waals surface area contributed by atoms with Crippen LogP contribution in [-0.4, -0.2) is 38.6 Å². The third-order valence-corrected chi connectivity index (χ3v) is 3.62. The molecule has 2 aromatic heterocycles. The number of nitrogens with one attached hydrogen (secondary N) is 1. The molecule has 0 saturated heterocycles. The number of H-pyrrole nitrogens is 1. The Morgan fingerprint density at radius 3 is 2.87 bits per heavy atom. The number of benzene rings is 1. The van der Waals surface area contributed by atoms with E-state index < -0.39 is 0 Å². The highest BCUT2D eigenvalue weighted by atomic mass is 16.5. The molecular formula is C16H19N5O2. The standard InChI is InChI=1S/C16H19N5O2/c1-3-13-18-15(23-20-13)10-21(2)9-8-14-17-12-7-5-4-6-11(12)16(22)19-14/h4-7H,3,8-10H2,1-2H3,(H,17,19,22). The van der Waals surface area contributed by atoms with Crippen molar-refractivity contribution in [2.75, 3.05) is 13.6 Å². The number of aryl methyl sites for hydroxylation is 1. The molecule has 1 aromatic carbocycles. The third kappa shape index (κ3) is 3.62. The van der Waals surface area contributed by atoms with E-state index in [1.807, 2.05) is 32.2 Å². The van der Waals surface area contributed by atoms with Crippen LogP contribution in [0.2, 0.25) is 0 Å². The van der Waals surface area contributed by atoms with Gasteiger partial charge in [0.1, 0.15) is 5.82 Å². The van der Waals surface area contributed by atoms with Gasteiger partial charge in [-0.3, -0.25) is 9.69 Å². The molecule has 0 aliphatic rings. The largest absolute Gasteiger partial charge is 0.338 e. The van der Waals surface area contributed by atoms with Gasteiger partial charge < -0.3 is 9.51 Å². The van der Waals surface area contributed by atoms with Crippen LogP contribution in [0.4, 0.5) is 0 Å². The number of hydrogen-bond donors (Lipinski definition) is 1. The number of aromatic amines is 1. The molecule has 120 valence electrons. The molecule has 0 amide bonds. The van der Waals surface area contributed by atoms with Gasteiger partial charge in [0.2, 0.25) is 5.89 Å². The zero-order chi connectivity index (χ0) is 16.2. The fourth-order valence-corrected chi connectivity index (χ4v) is 2.36. The number of fused-ring (bicyclic) bond motifs is 1. The van der Waals surface area contributed by atoms with Gasteiger partial charge in [0.15, 0.2) is 5.82 Å². The molecule has 0 unspecified atom stereocenters. The molecule has 7 heteroatoms. The van der Waals surface area contributed by atoms with Crippen LogP contribution < -0.4 is 5.56 Å². The van der Waals surface area contributed by atoms with Gasteiger partial charge in [-0.15, -0.1) is 0 Å². The van der Waals surface area contributed by atoms with Gasteiger partial charge in [0.25, 0.3) is 5.56 Å². The van der Waals surface area contributed by atoms with Crippen LogP contribution in [0.15, 0.2) is 33.6 Å². The second kappa shape index (κ2) is 6.70. The lowest BCUT2D eigenvalue weighted by atomic mass is 10.2. The van der Waals surface area contributed by atoms with E-state index >= 15 is 0 Å². The number of likely N-dealkylation sites (N-methyl/N-ethyl adjacent to an activating group) is 1. The Morgan fingerprint density at radius 2 is 2.09 bits per heavy atom. The third-order valence-electron chi connectivity index (χ3n) is 3.62. The number of hydrogen-bond acceptors (Lipinski definition) is 6. The van der Waals surface area contributed by atoms with E-state index in [2.05, 4.69) is 25.0 Å². The van der Waals surface area contributed by atoms with Crippen LogP contribution in [0.5, 0.6) is 0 Å². The Hall–Kier alpha value is -2.54. The van der Waals surface area contributed by atoms with E-state index in [9.17, 15) is 4.79 Å². The average Bonchev–Trinajstić information content (AvgIpc) is 3.00. The first-order chi connectivity index (χ1) is 11.2. The zero-order valence-corrected chi connectivity index (χ0v) is 13.2. The zero-order valence-electron chi connectivity index (χ0n) is 13.2. The molecule has 1 N–H and O–H groups in total. The summed E-state index contributed by atoms with van der Waals surface area (Å²) in [4.78, 5) is 25.7. The van der Waals surface area contributed by atoms with Crippen molar-refractivity contribution in [1.82, 2.24) is 25.0 Å². The van der Waals surface area contributed by atoms with Crippen LogP contribution >= 0.6 is 0 Å². The van der Waals surface area contributed by atoms with Gasteiger partial charge in [-0.05, 0) is 19.2 Å². The minimum Gasteiger partial charge on any atom is -0.338 e. The summed E-state index contributed by atoms with van der Waals surface area (Å²) in [5.41, 5.74) is 0.621. The fraction of sp³-hybridized carbons (Fsp3) is 0.375. The van der Waals surface area contributed by atoms with Crippen molar-refractivity contribution in [3.05, 3.63) is 52.2 Å². The molecule has 0 radical (unpaired) electrons. The molecule has 0 atom stereocenters. The van der Waals surface area contributed by atoms with Crippen LogP contribution in [0.3, 0.4) is 0 Å². The molecule has 0 aliphatic heterocycles. The second-order valence-electron chi connectivity index (χ2n) is 5.48. The predicted octanol–water partition coefficient (Wildman–Crippen LogP) is 1.54. The molecule has 0 saturated carbocycles. The summed E-state index contributed by atoms with van der Waals surface area (Å²) in [5.74, 6) is 2.00. The van der Waals surface area contributed by atoms with Crippen molar-refractivity contribution in [2.45, 2.75) is 26.3 Å². The smallest absolute Gasteiger partial charge is 0.258 e. The maximum atomic E-state index is 12.0. The Bertz CT molecular complexity index is 855. The molecule has 0 spiro atoms. The topological polar surface area (TPSA) is 87.9 Å². The maximum Gasteiger partial charge on any atom is 0.258 e. The Morgan fingerprint density at radius 1 is 1.26 bits per heavy atom. The summed E-state index contributed by atoms with van der Waals surface area (Å²) in [6, 6.07) is 7.34. The van der Waals surface area contributed by atoms with E-state index in [0.29, 0.717) is 35.9 Å². The molecular weight excluding hydrogens is 294 g/mol. The van der Waals surface area contributed by atoms with Crippen molar-refractivity contribution in [2.24, 2.45) is 0 Å². The highest BCUT2D eigenvalue weighted by molar-refractivity contribution is 5.77. The lowest BCUT2D eigenvalue weighted by Gasteiger charge is -2.13. The summed E-state index contributed by atoms with van der Waals surface area (Å²) < 4.78 is 5.18. The summed E-state index contributed by atoms with van der Waals surface area (Å²) in [5, 5.41) is 4.49. The summed E-state index contributed by atoms with van der Waals surface area (Å²) >= 11 is 0. The van der Waals surface area contributed by atoms with Gasteiger partial charge in [0.05, 0.1) is 17.4 Å². The van der Waals surface area contributed by atoms with Crippen LogP contribution in [0.1, 0.15) is 24.5 Å². The summed E-state index contributed by atoms with van der Waals surface area (Å²) in [7, 11) is 1.97. The first kappa shape index (κ1) is 15.4. The quantitative estimate of drug-likeness (QED) is 0.743. The molecule has 2 heterocycles. The highest BCUT2D eigenvalue weighted by Gasteiger charge is 2.09. The van der Waals surface area contributed by atoms with Crippen LogP contribution in [-0.2, 0) is 19.4 Å². The molecule has 0 fully saturated rings. The van der Waals surface area contributed by atoms with Crippen molar-refractivity contribution in [3.63, 3.8) is 0 Å². The number of rotatable bonds is 6. The van der Waals surface area contributed by atoms with E-state index in [1.165, 1.54) is 0 Å². The van der Waals surface area contributed by atoms with Crippen LogP contribution in [0, 0.1) is 0 Å². The lowest BCUT2D eigenvalue weighted by molar-refractivity contribution is 0.267. The Labute approximate surface area is 133 Å². The van der Waals surface area contributed by atoms with E-state index in [-0.39, 0.29) is 5.56 Å². The molecule has 3 rings (SSSR count). The van der Waals surface area contributed by atoms with Gasteiger partial charge in [0, 0.05) is 19.4 Å². The second-order valence-corrected chi connectivity index (χ2v) is 5.48. The SMILES string of the molecule is CCc1noc(CN(C)CCc2nc3ccccc3c(=O)[nH]2)n1. The van der Waals surface area contributed by atoms with E-state index in [0.717, 1.165) is 18.5 Å². The average molecular weight is 313 g/mol. The first-order valence-electron chi connectivity index (χ1n) is 7.63. The fourth-order valence-electron chi connectivity index (χ4n) is 2.36. The predicted molar refractivity (Wildman–Crippen MR) is 86.1 cm³/mol. The molecule has 0 bridgehead atoms. The van der Waals surface area contributed by atoms with Gasteiger partial charge >= 0.3 is 0 Å². The molecule has 3 aromatic rings. The van der Waals surface area contributed by atoms with Crippen molar-refractivity contribution >= 4 is 10.9 Å². The molecule has 7 nitrogen and oxygen atoms in total. The minimum atomic E-state index is -0.0993. The summed E-state index contributed by atoms with van der Waals surface area (Å²) in [6.07, 6.45) is 1.40. The van der Waals surface area contributed by atoms with Crippen LogP contribution in [0.25, 0.3) is 10.9 Å². The number of nitrogens with zero attached hydrogens (tertiary/aromatic N) is 4. The molecule has 23 heavy (non-hydrogen) atoms.